The summed E-state index contributed by atoms with van der Waals surface area (Å²) in [7, 11) is 0. The lowest BCUT2D eigenvalue weighted by molar-refractivity contribution is 0.356. The molecule has 0 aliphatic carbocycles. The lowest BCUT2D eigenvalue weighted by atomic mass is 10.0. The average molecular weight is 159 g/mol. The lowest BCUT2D eigenvalue weighted by Crippen LogP contribution is -2.41. The van der Waals surface area contributed by atoms with E-state index < -0.39 is 0 Å². The van der Waals surface area contributed by atoms with Crippen molar-refractivity contribution in [1.29, 1.82) is 0 Å². The number of hydrogen-bond acceptors (Lipinski definition) is 2. The van der Waals surface area contributed by atoms with Gasteiger partial charge in [0.1, 0.15) is 0 Å². The Morgan fingerprint density at radius 2 is 2.30 bits per heavy atom. The molecule has 1 N–H and O–H groups in total. The second kappa shape index (κ2) is 4.24. The van der Waals surface area contributed by atoms with Gasteiger partial charge in [0.15, 0.2) is 0 Å². The van der Waals surface area contributed by atoms with Gasteiger partial charge >= 0.3 is 0 Å². The molecule has 0 aromatic carbocycles. The topological polar surface area (TPSA) is 12.0 Å². The largest absolute Gasteiger partial charge is 0.311 e. The van der Waals surface area contributed by atoms with Crippen LogP contribution < -0.4 is 5.32 Å². The Balaban J connectivity index is 2.18. The predicted octanol–water partition coefficient (Wildman–Crippen LogP) is 1.88. The van der Waals surface area contributed by atoms with Crippen LogP contribution in [-0.4, -0.2) is 24.1 Å². The van der Waals surface area contributed by atoms with Crippen molar-refractivity contribution in [3.8, 4) is 0 Å². The van der Waals surface area contributed by atoms with Crippen LogP contribution in [0, 0.1) is 0 Å². The fourth-order valence-corrected chi connectivity index (χ4v) is 2.24. The first-order valence-corrected chi connectivity index (χ1v) is 5.47. The SMILES string of the molecule is CSCC1CCCC(C)N1. The summed E-state index contributed by atoms with van der Waals surface area (Å²) in [4.78, 5) is 0. The molecule has 10 heavy (non-hydrogen) atoms. The zero-order chi connectivity index (χ0) is 7.40. The van der Waals surface area contributed by atoms with Gasteiger partial charge in [0, 0.05) is 17.8 Å². The molecule has 0 saturated carbocycles. The van der Waals surface area contributed by atoms with E-state index in [-0.39, 0.29) is 0 Å². The van der Waals surface area contributed by atoms with Crippen molar-refractivity contribution in [1.82, 2.24) is 5.32 Å². The van der Waals surface area contributed by atoms with Gasteiger partial charge in [-0.3, -0.25) is 0 Å². The van der Waals surface area contributed by atoms with E-state index >= 15 is 0 Å². The van der Waals surface area contributed by atoms with E-state index in [0.29, 0.717) is 0 Å². The highest BCUT2D eigenvalue weighted by Gasteiger charge is 2.16. The zero-order valence-electron chi connectivity index (χ0n) is 6.89. The molecular formula is C8H17NS. The third-order valence-electron chi connectivity index (χ3n) is 2.08. The molecule has 1 fully saturated rings. The fraction of sp³-hybridized carbons (Fsp3) is 1.00. The highest BCUT2D eigenvalue weighted by molar-refractivity contribution is 7.98. The molecule has 2 unspecified atom stereocenters. The van der Waals surface area contributed by atoms with Gasteiger partial charge in [-0.05, 0) is 26.0 Å². The summed E-state index contributed by atoms with van der Waals surface area (Å²) in [6.45, 7) is 2.28. The van der Waals surface area contributed by atoms with Crippen molar-refractivity contribution in [3.05, 3.63) is 0 Å². The Hall–Kier alpha value is 0.310. The van der Waals surface area contributed by atoms with E-state index in [1.54, 1.807) is 0 Å². The molecule has 0 spiro atoms. The molecule has 1 nitrogen and oxygen atoms in total. The first-order chi connectivity index (χ1) is 4.83. The van der Waals surface area contributed by atoms with E-state index in [4.69, 9.17) is 0 Å². The van der Waals surface area contributed by atoms with Crippen LogP contribution in [0.25, 0.3) is 0 Å². The van der Waals surface area contributed by atoms with Crippen LogP contribution in [0.1, 0.15) is 26.2 Å². The molecule has 60 valence electrons. The smallest absolute Gasteiger partial charge is 0.0160 e. The zero-order valence-corrected chi connectivity index (χ0v) is 7.71. The molecule has 1 rings (SSSR count). The van der Waals surface area contributed by atoms with Crippen LogP contribution >= 0.6 is 11.8 Å². The number of piperidine rings is 1. The van der Waals surface area contributed by atoms with E-state index in [2.05, 4.69) is 18.5 Å². The molecule has 2 heteroatoms. The van der Waals surface area contributed by atoms with Crippen molar-refractivity contribution in [3.63, 3.8) is 0 Å². The van der Waals surface area contributed by atoms with E-state index in [1.807, 2.05) is 11.8 Å². The van der Waals surface area contributed by atoms with Gasteiger partial charge in [0.25, 0.3) is 0 Å². The van der Waals surface area contributed by atoms with Gasteiger partial charge in [0.2, 0.25) is 0 Å². The van der Waals surface area contributed by atoms with E-state index in [0.717, 1.165) is 12.1 Å². The van der Waals surface area contributed by atoms with Gasteiger partial charge in [-0.2, -0.15) is 11.8 Å². The van der Waals surface area contributed by atoms with E-state index in [1.165, 1.54) is 25.0 Å². The van der Waals surface area contributed by atoms with Crippen LogP contribution in [0.4, 0.5) is 0 Å². The first kappa shape index (κ1) is 8.41. The molecule has 0 aromatic rings. The molecule has 0 radical (unpaired) electrons. The Kier molecular flexibility index (Phi) is 3.57. The van der Waals surface area contributed by atoms with Gasteiger partial charge in [-0.25, -0.2) is 0 Å². The van der Waals surface area contributed by atoms with Crippen molar-refractivity contribution >= 4 is 11.8 Å². The van der Waals surface area contributed by atoms with Crippen LogP contribution in [0.15, 0.2) is 0 Å². The summed E-state index contributed by atoms with van der Waals surface area (Å²) < 4.78 is 0. The lowest BCUT2D eigenvalue weighted by Gasteiger charge is -2.28. The minimum absolute atomic E-state index is 0.755. The number of rotatable bonds is 2. The molecule has 0 bridgehead atoms. The Bertz CT molecular complexity index is 93.3. The van der Waals surface area contributed by atoms with Gasteiger partial charge in [-0.15, -0.1) is 0 Å². The Labute approximate surface area is 68.0 Å². The maximum atomic E-state index is 3.60. The molecule has 1 aliphatic heterocycles. The normalized spacial score (nSPS) is 34.2. The Morgan fingerprint density at radius 1 is 1.50 bits per heavy atom. The van der Waals surface area contributed by atoms with Crippen LogP contribution in [0.3, 0.4) is 0 Å². The van der Waals surface area contributed by atoms with Gasteiger partial charge in [-0.1, -0.05) is 6.42 Å². The molecular weight excluding hydrogens is 142 g/mol. The molecule has 0 amide bonds. The third kappa shape index (κ3) is 2.51. The monoisotopic (exact) mass is 159 g/mol. The molecule has 1 saturated heterocycles. The Morgan fingerprint density at radius 3 is 2.90 bits per heavy atom. The highest BCUT2D eigenvalue weighted by Crippen LogP contribution is 2.14. The molecule has 1 aliphatic rings. The summed E-state index contributed by atoms with van der Waals surface area (Å²) in [6, 6.07) is 1.55. The summed E-state index contributed by atoms with van der Waals surface area (Å²) in [5, 5.41) is 3.60. The minimum Gasteiger partial charge on any atom is -0.311 e. The summed E-state index contributed by atoms with van der Waals surface area (Å²) in [5.41, 5.74) is 0. The van der Waals surface area contributed by atoms with Gasteiger partial charge < -0.3 is 5.32 Å². The summed E-state index contributed by atoms with van der Waals surface area (Å²) in [6.07, 6.45) is 6.34. The van der Waals surface area contributed by atoms with Gasteiger partial charge in [0.05, 0.1) is 0 Å². The minimum atomic E-state index is 0.755. The quantitative estimate of drug-likeness (QED) is 0.660. The van der Waals surface area contributed by atoms with Crippen LogP contribution in [-0.2, 0) is 0 Å². The molecule has 1 heterocycles. The maximum absolute atomic E-state index is 3.60. The first-order valence-electron chi connectivity index (χ1n) is 4.08. The van der Waals surface area contributed by atoms with Crippen molar-refractivity contribution in [2.75, 3.05) is 12.0 Å². The number of hydrogen-bond donors (Lipinski definition) is 1. The summed E-state index contributed by atoms with van der Waals surface area (Å²) >= 11 is 1.95. The standard InChI is InChI=1S/C8H17NS/c1-7-4-3-5-8(9-7)6-10-2/h7-9H,3-6H2,1-2H3. The number of thioether (sulfide) groups is 1. The molecule has 0 aromatic heterocycles. The highest BCUT2D eigenvalue weighted by atomic mass is 32.2. The van der Waals surface area contributed by atoms with Crippen molar-refractivity contribution in [2.45, 2.75) is 38.3 Å². The second-order valence-electron chi connectivity index (χ2n) is 3.15. The van der Waals surface area contributed by atoms with E-state index in [9.17, 15) is 0 Å². The fourth-order valence-electron chi connectivity index (χ4n) is 1.57. The maximum Gasteiger partial charge on any atom is 0.0160 e. The van der Waals surface area contributed by atoms with Crippen LogP contribution in [0.2, 0.25) is 0 Å². The molecule has 2 atom stereocenters. The second-order valence-corrected chi connectivity index (χ2v) is 4.06. The predicted molar refractivity (Wildman–Crippen MR) is 48.6 cm³/mol. The van der Waals surface area contributed by atoms with Crippen molar-refractivity contribution < 1.29 is 0 Å². The number of nitrogens with one attached hydrogen (secondary N) is 1. The van der Waals surface area contributed by atoms with Crippen molar-refractivity contribution in [2.24, 2.45) is 0 Å². The average Bonchev–Trinajstić information content (AvgIpc) is 1.88. The van der Waals surface area contributed by atoms with Crippen LogP contribution in [0.5, 0.6) is 0 Å². The third-order valence-corrected chi connectivity index (χ3v) is 2.81. The summed E-state index contributed by atoms with van der Waals surface area (Å²) in [5.74, 6) is 1.28.